The molecule has 0 N–H and O–H groups in total. The van der Waals surface area contributed by atoms with Gasteiger partial charge in [-0.1, -0.05) is 36.4 Å². The zero-order valence-electron chi connectivity index (χ0n) is 21.8. The maximum Gasteiger partial charge on any atom is 0.433 e. The highest BCUT2D eigenvalue weighted by molar-refractivity contribution is 7.57. The summed E-state index contributed by atoms with van der Waals surface area (Å²) in [5, 5.41) is 0.910. The molecular weight excluding hydrogens is 493 g/mol. The molecule has 0 aliphatic rings. The van der Waals surface area contributed by atoms with E-state index in [2.05, 4.69) is 0 Å². The Kier molecular flexibility index (Phi) is 12.3. The van der Waals surface area contributed by atoms with Gasteiger partial charge in [0.05, 0.1) is 24.5 Å². The van der Waals surface area contributed by atoms with Gasteiger partial charge in [0, 0.05) is 5.82 Å². The van der Waals surface area contributed by atoms with Crippen LogP contribution in [-0.2, 0) is 48.9 Å². The molecule has 0 saturated heterocycles. The van der Waals surface area contributed by atoms with Gasteiger partial charge in [-0.2, -0.15) is 5.06 Å². The number of esters is 2. The Morgan fingerprint density at radius 1 is 0.889 bits per heavy atom. The Labute approximate surface area is 212 Å². The maximum absolute atomic E-state index is 13.2. The molecule has 202 valence electrons. The minimum absolute atomic E-state index is 0.0833. The third-order valence-corrected chi connectivity index (χ3v) is 5.74. The van der Waals surface area contributed by atoms with Crippen LogP contribution in [0.2, 0.25) is 0 Å². The second-order valence-corrected chi connectivity index (χ2v) is 11.5. The highest BCUT2D eigenvalue weighted by Gasteiger charge is 2.28. The van der Waals surface area contributed by atoms with Crippen LogP contribution < -0.4 is 0 Å². The van der Waals surface area contributed by atoms with Crippen LogP contribution in [0.3, 0.4) is 0 Å². The maximum atomic E-state index is 13.2. The summed E-state index contributed by atoms with van der Waals surface area (Å²) in [5.74, 6) is -0.114. The Bertz CT molecular complexity index is 898. The molecule has 36 heavy (non-hydrogen) atoms. The average Bonchev–Trinajstić information content (AvgIpc) is 2.80. The van der Waals surface area contributed by atoms with E-state index in [4.69, 9.17) is 28.1 Å². The minimum Gasteiger partial charge on any atom is -0.451 e. The number of hydrogen-bond donors (Lipinski definition) is 0. The summed E-state index contributed by atoms with van der Waals surface area (Å²) in [6.07, 6.45) is 0.505. The number of methoxy groups -OCH3 is 1. The van der Waals surface area contributed by atoms with Crippen LogP contribution in [-0.4, -0.2) is 50.3 Å². The van der Waals surface area contributed by atoms with Gasteiger partial charge in [0.1, 0.15) is 6.61 Å². The van der Waals surface area contributed by atoms with Crippen molar-refractivity contribution in [3.63, 3.8) is 0 Å². The normalized spacial score (nSPS) is 12.3. The van der Waals surface area contributed by atoms with Crippen molar-refractivity contribution < 1.29 is 47.0 Å². The molecule has 0 fully saturated rings. The number of ether oxygens (including phenoxy) is 3. The fourth-order valence-corrected chi connectivity index (χ4v) is 3.14. The number of benzene rings is 1. The third kappa shape index (κ3) is 11.8. The van der Waals surface area contributed by atoms with Crippen molar-refractivity contribution in [1.82, 2.24) is 5.06 Å². The number of hydroxylamine groups is 2. The van der Waals surface area contributed by atoms with E-state index >= 15 is 0 Å². The molecule has 0 atom stereocenters. The van der Waals surface area contributed by atoms with Crippen molar-refractivity contribution in [3.05, 3.63) is 47.8 Å². The van der Waals surface area contributed by atoms with Gasteiger partial charge >= 0.3 is 25.6 Å². The lowest BCUT2D eigenvalue weighted by Gasteiger charge is -2.21. The minimum atomic E-state index is -4.08. The summed E-state index contributed by atoms with van der Waals surface area (Å²) < 4.78 is 38.3. The first-order valence-electron chi connectivity index (χ1n) is 11.1. The lowest BCUT2D eigenvalue weighted by atomic mass is 9.98. The van der Waals surface area contributed by atoms with E-state index in [1.54, 1.807) is 41.5 Å². The predicted octanol–water partition coefficient (Wildman–Crippen LogP) is 5.02. The molecule has 0 aliphatic heterocycles. The fourth-order valence-electron chi connectivity index (χ4n) is 2.14. The van der Waals surface area contributed by atoms with Crippen LogP contribution in [0.1, 0.15) is 47.1 Å². The third-order valence-electron chi connectivity index (χ3n) is 4.24. The topological polar surface area (TPSA) is 127 Å². The van der Waals surface area contributed by atoms with Crippen molar-refractivity contribution in [2.75, 3.05) is 27.2 Å². The molecule has 1 aromatic carbocycles. The molecule has 0 bridgehead atoms. The summed E-state index contributed by atoms with van der Waals surface area (Å²) in [6, 6.07) is 9.13. The molecule has 0 spiro atoms. The Morgan fingerprint density at radius 2 is 1.39 bits per heavy atom. The standard InChI is InChI=1S/C24H36NO10P/c1-23(2,3)20(26)31-17-34-36(29,35-18-32-21(27)24(4,5)6)15-11-14-25(22(28)30-7)33-16-19-12-9-8-10-13-19/h8-13,15H,14,16-18H2,1-7H3/b15-11+. The quantitative estimate of drug-likeness (QED) is 0.120. The molecule has 11 nitrogen and oxygen atoms in total. The van der Waals surface area contributed by atoms with E-state index in [9.17, 15) is 18.9 Å². The van der Waals surface area contributed by atoms with E-state index in [0.717, 1.165) is 16.4 Å². The fraction of sp³-hybridized carbons (Fsp3) is 0.542. The van der Waals surface area contributed by atoms with Crippen molar-refractivity contribution >= 4 is 25.6 Å². The van der Waals surface area contributed by atoms with Crippen LogP contribution in [0.15, 0.2) is 42.2 Å². The van der Waals surface area contributed by atoms with Gasteiger partial charge < -0.3 is 14.2 Å². The number of carbonyl (C=O) groups excluding carboxylic acids is 3. The highest BCUT2D eigenvalue weighted by atomic mass is 31.2. The van der Waals surface area contributed by atoms with Crippen LogP contribution in [0.25, 0.3) is 0 Å². The van der Waals surface area contributed by atoms with Crippen LogP contribution in [0, 0.1) is 10.8 Å². The largest absolute Gasteiger partial charge is 0.451 e. The Balaban J connectivity index is 2.87. The van der Waals surface area contributed by atoms with Gasteiger partial charge in [-0.15, -0.1) is 0 Å². The van der Waals surface area contributed by atoms with Crippen molar-refractivity contribution in [3.8, 4) is 0 Å². The molecule has 12 heteroatoms. The molecule has 1 aromatic rings. The number of rotatable bonds is 12. The van der Waals surface area contributed by atoms with Gasteiger partial charge in [0.2, 0.25) is 13.6 Å². The van der Waals surface area contributed by atoms with E-state index in [0.29, 0.717) is 0 Å². The number of nitrogens with zero attached hydrogens (tertiary/aromatic N) is 1. The summed E-state index contributed by atoms with van der Waals surface area (Å²) in [7, 11) is -2.89. The van der Waals surface area contributed by atoms with Gasteiger partial charge in [0.15, 0.2) is 0 Å². The molecule has 1 rings (SSSR count). The summed E-state index contributed by atoms with van der Waals surface area (Å²) in [4.78, 5) is 41.5. The van der Waals surface area contributed by atoms with E-state index in [1.807, 2.05) is 30.3 Å². The van der Waals surface area contributed by atoms with Crippen molar-refractivity contribution in [2.24, 2.45) is 10.8 Å². The first kappa shape index (κ1) is 31.3. The van der Waals surface area contributed by atoms with Gasteiger partial charge in [-0.25, -0.2) is 4.79 Å². The molecule has 1 amide bonds. The molecular formula is C24H36NO10P. The zero-order valence-corrected chi connectivity index (χ0v) is 22.7. The average molecular weight is 530 g/mol. The lowest BCUT2D eigenvalue weighted by molar-refractivity contribution is -0.161. The van der Waals surface area contributed by atoms with E-state index in [1.165, 1.54) is 13.2 Å². The van der Waals surface area contributed by atoms with Crippen molar-refractivity contribution in [1.29, 1.82) is 0 Å². The first-order chi connectivity index (χ1) is 16.7. The second-order valence-electron chi connectivity index (χ2n) is 9.57. The highest BCUT2D eigenvalue weighted by Crippen LogP contribution is 2.50. The number of carbonyl (C=O) groups is 3. The van der Waals surface area contributed by atoms with Crippen molar-refractivity contribution in [2.45, 2.75) is 48.1 Å². The van der Waals surface area contributed by atoms with Crippen LogP contribution in [0.4, 0.5) is 4.79 Å². The second kappa shape index (κ2) is 14.1. The molecule has 0 unspecified atom stereocenters. The van der Waals surface area contributed by atoms with Gasteiger partial charge in [-0.05, 0) is 47.1 Å². The Morgan fingerprint density at radius 3 is 1.83 bits per heavy atom. The SMILES string of the molecule is COC(=O)N(C/C=C/P(=O)(OCOC(=O)C(C)(C)C)OCOC(=O)C(C)(C)C)OCc1ccccc1. The summed E-state index contributed by atoms with van der Waals surface area (Å²) >= 11 is 0. The molecule has 0 heterocycles. The van der Waals surface area contributed by atoms with Crippen LogP contribution in [0.5, 0.6) is 0 Å². The lowest BCUT2D eigenvalue weighted by Crippen LogP contribution is -2.31. The zero-order chi connectivity index (χ0) is 27.4. The first-order valence-corrected chi connectivity index (χ1v) is 12.7. The number of amides is 1. The summed E-state index contributed by atoms with van der Waals surface area (Å²) in [6.45, 7) is 8.44. The number of hydrogen-bond acceptors (Lipinski definition) is 10. The monoisotopic (exact) mass is 529 g/mol. The molecule has 0 saturated carbocycles. The van der Waals surface area contributed by atoms with Gasteiger partial charge in [0.25, 0.3) is 0 Å². The molecule has 0 radical (unpaired) electrons. The molecule has 0 aromatic heterocycles. The smallest absolute Gasteiger partial charge is 0.433 e. The van der Waals surface area contributed by atoms with Gasteiger partial charge in [-0.3, -0.25) is 28.0 Å². The van der Waals surface area contributed by atoms with Crippen LogP contribution >= 0.6 is 7.60 Å². The summed E-state index contributed by atoms with van der Waals surface area (Å²) in [5.41, 5.74) is -0.790. The Hall–Kier alpha value is -2.72. The van der Waals surface area contributed by atoms with E-state index in [-0.39, 0.29) is 13.2 Å². The molecule has 0 aliphatic carbocycles. The predicted molar refractivity (Wildman–Crippen MR) is 130 cm³/mol. The van der Waals surface area contributed by atoms with E-state index < -0.39 is 50.0 Å².